The number of amides is 1. The van der Waals surface area contributed by atoms with Gasteiger partial charge in [-0.05, 0) is 58.4 Å². The van der Waals surface area contributed by atoms with E-state index in [1.807, 2.05) is 30.3 Å². The predicted molar refractivity (Wildman–Crippen MR) is 102 cm³/mol. The maximum absolute atomic E-state index is 12.2. The number of nitrogens with one attached hydrogen (secondary N) is 1. The van der Waals surface area contributed by atoms with E-state index in [4.69, 9.17) is 0 Å². The standard InChI is InChI=1S/C22H20N2O/c25-22(14-20-9-4-7-18-5-1-2-10-21(18)20)24-23-15-16-11-12-17-6-3-8-19(17)13-16/h1-2,4-5,7,9-13,15H,3,6,8,14H2,(H,24,25). The molecule has 1 N–H and O–H groups in total. The van der Waals surface area contributed by atoms with Crippen molar-refractivity contribution in [2.75, 3.05) is 0 Å². The molecule has 1 aliphatic rings. The van der Waals surface area contributed by atoms with Gasteiger partial charge in [0, 0.05) is 0 Å². The van der Waals surface area contributed by atoms with Crippen LogP contribution in [0.15, 0.2) is 65.8 Å². The highest BCUT2D eigenvalue weighted by Crippen LogP contribution is 2.22. The third-order valence-corrected chi connectivity index (χ3v) is 4.76. The number of fused-ring (bicyclic) bond motifs is 2. The van der Waals surface area contributed by atoms with E-state index in [2.05, 4.69) is 40.9 Å². The van der Waals surface area contributed by atoms with Crippen LogP contribution in [0.1, 0.15) is 28.7 Å². The van der Waals surface area contributed by atoms with Gasteiger partial charge in [0.25, 0.3) is 0 Å². The number of nitrogens with zero attached hydrogens (tertiary/aromatic N) is 1. The minimum Gasteiger partial charge on any atom is -0.273 e. The third kappa shape index (κ3) is 3.45. The Balaban J connectivity index is 1.42. The van der Waals surface area contributed by atoms with E-state index < -0.39 is 0 Å². The van der Waals surface area contributed by atoms with E-state index in [0.29, 0.717) is 6.42 Å². The summed E-state index contributed by atoms with van der Waals surface area (Å²) in [7, 11) is 0. The summed E-state index contributed by atoms with van der Waals surface area (Å²) in [4.78, 5) is 12.2. The molecule has 25 heavy (non-hydrogen) atoms. The Hall–Kier alpha value is -2.94. The highest BCUT2D eigenvalue weighted by atomic mass is 16.2. The Morgan fingerprint density at radius 1 is 1.00 bits per heavy atom. The van der Waals surface area contributed by atoms with Crippen molar-refractivity contribution in [1.29, 1.82) is 0 Å². The first-order valence-corrected chi connectivity index (χ1v) is 8.70. The smallest absolute Gasteiger partial charge is 0.244 e. The van der Waals surface area contributed by atoms with Gasteiger partial charge in [-0.3, -0.25) is 4.79 Å². The molecule has 3 nitrogen and oxygen atoms in total. The molecule has 0 radical (unpaired) electrons. The summed E-state index contributed by atoms with van der Waals surface area (Å²) in [5, 5.41) is 6.38. The van der Waals surface area contributed by atoms with E-state index in [-0.39, 0.29) is 5.91 Å². The van der Waals surface area contributed by atoms with Gasteiger partial charge in [-0.1, -0.05) is 54.6 Å². The second-order valence-corrected chi connectivity index (χ2v) is 6.49. The first kappa shape index (κ1) is 15.6. The molecule has 0 saturated heterocycles. The Morgan fingerprint density at radius 3 is 2.80 bits per heavy atom. The van der Waals surface area contributed by atoms with Crippen LogP contribution in [-0.4, -0.2) is 12.1 Å². The van der Waals surface area contributed by atoms with Crippen LogP contribution in [0.2, 0.25) is 0 Å². The van der Waals surface area contributed by atoms with Crippen LogP contribution < -0.4 is 5.43 Å². The van der Waals surface area contributed by atoms with Crippen LogP contribution in [0, 0.1) is 0 Å². The molecule has 0 bridgehead atoms. The van der Waals surface area contributed by atoms with Crippen molar-refractivity contribution in [1.82, 2.24) is 5.43 Å². The molecular formula is C22H20N2O. The molecule has 0 saturated carbocycles. The Morgan fingerprint density at radius 2 is 1.84 bits per heavy atom. The number of rotatable bonds is 4. The quantitative estimate of drug-likeness (QED) is 0.570. The van der Waals surface area contributed by atoms with Crippen LogP contribution in [0.4, 0.5) is 0 Å². The van der Waals surface area contributed by atoms with Gasteiger partial charge >= 0.3 is 0 Å². The van der Waals surface area contributed by atoms with Crippen molar-refractivity contribution < 1.29 is 4.79 Å². The minimum atomic E-state index is -0.103. The lowest BCUT2D eigenvalue weighted by Gasteiger charge is -2.05. The Kier molecular flexibility index (Phi) is 4.30. The number of hydrazone groups is 1. The number of hydrogen-bond donors (Lipinski definition) is 1. The Labute approximate surface area is 147 Å². The zero-order chi connectivity index (χ0) is 17.1. The summed E-state index contributed by atoms with van der Waals surface area (Å²) in [5.41, 5.74) is 7.54. The molecule has 0 fully saturated rings. The third-order valence-electron chi connectivity index (χ3n) is 4.76. The number of benzene rings is 3. The van der Waals surface area contributed by atoms with E-state index in [0.717, 1.165) is 28.3 Å². The van der Waals surface area contributed by atoms with E-state index in [1.54, 1.807) is 6.21 Å². The maximum Gasteiger partial charge on any atom is 0.244 e. The first-order valence-electron chi connectivity index (χ1n) is 8.70. The van der Waals surface area contributed by atoms with Gasteiger partial charge in [-0.25, -0.2) is 5.43 Å². The summed E-state index contributed by atoms with van der Waals surface area (Å²) < 4.78 is 0. The van der Waals surface area contributed by atoms with E-state index in [9.17, 15) is 4.79 Å². The van der Waals surface area contributed by atoms with Crippen molar-refractivity contribution in [2.24, 2.45) is 5.10 Å². The summed E-state index contributed by atoms with van der Waals surface area (Å²) in [6.07, 6.45) is 5.60. The molecule has 4 rings (SSSR count). The fourth-order valence-corrected chi connectivity index (χ4v) is 3.51. The highest BCUT2D eigenvalue weighted by molar-refractivity contribution is 5.90. The Bertz CT molecular complexity index is 954. The molecular weight excluding hydrogens is 308 g/mol. The maximum atomic E-state index is 12.2. The fourth-order valence-electron chi connectivity index (χ4n) is 3.51. The molecule has 0 heterocycles. The van der Waals surface area contributed by atoms with Crippen molar-refractivity contribution in [3.63, 3.8) is 0 Å². The van der Waals surface area contributed by atoms with Gasteiger partial charge < -0.3 is 0 Å². The molecule has 1 amide bonds. The lowest BCUT2D eigenvalue weighted by atomic mass is 10.0. The molecule has 3 heteroatoms. The average molecular weight is 328 g/mol. The van der Waals surface area contributed by atoms with Gasteiger partial charge in [-0.2, -0.15) is 5.10 Å². The van der Waals surface area contributed by atoms with Gasteiger partial charge in [0.2, 0.25) is 5.91 Å². The number of aryl methyl sites for hydroxylation is 2. The summed E-state index contributed by atoms with van der Waals surface area (Å²) in [6, 6.07) is 20.5. The monoisotopic (exact) mass is 328 g/mol. The molecule has 0 unspecified atom stereocenters. The van der Waals surface area contributed by atoms with Crippen LogP contribution in [0.25, 0.3) is 10.8 Å². The average Bonchev–Trinajstić information content (AvgIpc) is 3.10. The van der Waals surface area contributed by atoms with E-state index in [1.165, 1.54) is 24.0 Å². The van der Waals surface area contributed by atoms with Gasteiger partial charge in [0.1, 0.15) is 0 Å². The number of carbonyl (C=O) groups excluding carboxylic acids is 1. The molecule has 0 atom stereocenters. The number of carbonyl (C=O) groups is 1. The first-order chi connectivity index (χ1) is 12.3. The molecule has 0 aliphatic heterocycles. The lowest BCUT2D eigenvalue weighted by molar-refractivity contribution is -0.120. The van der Waals surface area contributed by atoms with Gasteiger partial charge in [0.15, 0.2) is 0 Å². The topological polar surface area (TPSA) is 41.5 Å². The van der Waals surface area contributed by atoms with Crippen LogP contribution in [0.5, 0.6) is 0 Å². The molecule has 124 valence electrons. The molecule has 0 aromatic heterocycles. The highest BCUT2D eigenvalue weighted by Gasteiger charge is 2.10. The molecule has 3 aromatic carbocycles. The SMILES string of the molecule is O=C(Cc1cccc2ccccc12)NN=Cc1ccc2c(c1)CCC2. The van der Waals surface area contributed by atoms with Crippen molar-refractivity contribution in [3.05, 3.63) is 82.9 Å². The van der Waals surface area contributed by atoms with Crippen molar-refractivity contribution >= 4 is 22.9 Å². The normalized spacial score (nSPS) is 13.3. The zero-order valence-corrected chi connectivity index (χ0v) is 14.0. The zero-order valence-electron chi connectivity index (χ0n) is 14.0. The predicted octanol–water partition coefficient (Wildman–Crippen LogP) is 4.02. The molecule has 3 aromatic rings. The fraction of sp³-hybridized carbons (Fsp3) is 0.182. The van der Waals surface area contributed by atoms with Crippen molar-refractivity contribution in [3.8, 4) is 0 Å². The van der Waals surface area contributed by atoms with Crippen LogP contribution >= 0.6 is 0 Å². The minimum absolute atomic E-state index is 0.103. The molecule has 0 spiro atoms. The van der Waals surface area contributed by atoms with E-state index >= 15 is 0 Å². The second-order valence-electron chi connectivity index (χ2n) is 6.49. The summed E-state index contributed by atoms with van der Waals surface area (Å²) in [5.74, 6) is -0.103. The second kappa shape index (κ2) is 6.89. The largest absolute Gasteiger partial charge is 0.273 e. The molecule has 1 aliphatic carbocycles. The van der Waals surface area contributed by atoms with Gasteiger partial charge in [-0.15, -0.1) is 0 Å². The summed E-state index contributed by atoms with van der Waals surface area (Å²) >= 11 is 0. The summed E-state index contributed by atoms with van der Waals surface area (Å²) in [6.45, 7) is 0. The number of hydrogen-bond acceptors (Lipinski definition) is 2. The van der Waals surface area contributed by atoms with Crippen molar-refractivity contribution in [2.45, 2.75) is 25.7 Å². The van der Waals surface area contributed by atoms with Crippen LogP contribution in [-0.2, 0) is 24.1 Å². The van der Waals surface area contributed by atoms with Crippen LogP contribution in [0.3, 0.4) is 0 Å². The lowest BCUT2D eigenvalue weighted by Crippen LogP contribution is -2.19. The van der Waals surface area contributed by atoms with Gasteiger partial charge in [0.05, 0.1) is 12.6 Å².